The number of ether oxygens (including phenoxy) is 1. The van der Waals surface area contributed by atoms with E-state index < -0.39 is 16.1 Å². The van der Waals surface area contributed by atoms with Crippen molar-refractivity contribution in [3.63, 3.8) is 0 Å². The van der Waals surface area contributed by atoms with Gasteiger partial charge >= 0.3 is 0 Å². The lowest BCUT2D eigenvalue weighted by Crippen LogP contribution is -2.43. The van der Waals surface area contributed by atoms with Crippen LogP contribution < -0.4 is 9.46 Å². The SMILES string of the molecule is Cc1cccc(C)c1-c1cc2nc(n1)NS(=O)(=O)c1cccc(c1)C(=O)N(CC=N/C(=C\N(C)C)N(C)C1CC3(CC3)C1)CC(C)O2. The van der Waals surface area contributed by atoms with Gasteiger partial charge in [0, 0.05) is 56.8 Å². The zero-order valence-electron chi connectivity index (χ0n) is 27.9. The van der Waals surface area contributed by atoms with Gasteiger partial charge in [-0.2, -0.15) is 4.98 Å². The topological polar surface area (TPSA) is 120 Å². The van der Waals surface area contributed by atoms with Gasteiger partial charge in [0.2, 0.25) is 11.8 Å². The molecule has 1 amide bonds. The summed E-state index contributed by atoms with van der Waals surface area (Å²) in [5.74, 6) is 0.570. The van der Waals surface area contributed by atoms with Gasteiger partial charge in [-0.25, -0.2) is 23.1 Å². The average molecular weight is 658 g/mol. The fraction of sp³-hybridized carbons (Fsp3) is 0.429. The van der Waals surface area contributed by atoms with Crippen molar-refractivity contribution >= 4 is 28.1 Å². The molecular formula is C35H43N7O4S. The van der Waals surface area contributed by atoms with Crippen LogP contribution in [0.5, 0.6) is 5.88 Å². The van der Waals surface area contributed by atoms with E-state index in [0.717, 1.165) is 22.5 Å². The number of hydrogen-bond acceptors (Lipinski definition) is 9. The highest BCUT2D eigenvalue weighted by atomic mass is 32.2. The molecule has 1 atom stereocenters. The molecule has 2 fully saturated rings. The number of amides is 1. The third kappa shape index (κ3) is 7.12. The zero-order chi connectivity index (χ0) is 33.5. The molecule has 11 nitrogen and oxygen atoms in total. The number of carbonyl (C=O) groups is 1. The van der Waals surface area contributed by atoms with E-state index in [0.29, 0.717) is 17.2 Å². The minimum Gasteiger partial charge on any atom is -0.473 e. The average Bonchev–Trinajstić information content (AvgIpc) is 3.79. The highest BCUT2D eigenvalue weighted by molar-refractivity contribution is 7.92. The minimum absolute atomic E-state index is 0.0698. The van der Waals surface area contributed by atoms with E-state index in [2.05, 4.69) is 26.6 Å². The largest absolute Gasteiger partial charge is 0.473 e. The van der Waals surface area contributed by atoms with Crippen molar-refractivity contribution in [3.05, 3.63) is 77.2 Å². The standard InChI is InChI=1S/C35H43N7O4S/c1-23-9-7-10-24(2)32(23)29-18-31-38-34(37-29)39-47(44,45)28-12-8-11-26(17-28)33(43)42(21-25(3)46-31)16-15-36-30(22-40(4)5)41(6)27-19-35(20-27)13-14-35/h7-12,15,17-18,22,25,27H,13-14,16,19-21H2,1-6H3,(H,37,38,39)/b30-22+,36-15?. The van der Waals surface area contributed by atoms with E-state index in [1.54, 1.807) is 29.3 Å². The number of nitrogens with one attached hydrogen (secondary N) is 1. The van der Waals surface area contributed by atoms with Crippen molar-refractivity contribution in [2.45, 2.75) is 63.5 Å². The zero-order valence-corrected chi connectivity index (χ0v) is 28.7. The van der Waals surface area contributed by atoms with Gasteiger partial charge in [0.1, 0.15) is 11.9 Å². The van der Waals surface area contributed by atoms with Gasteiger partial charge in [0.25, 0.3) is 15.9 Å². The number of fused-ring (bicyclic) bond motifs is 4. The van der Waals surface area contributed by atoms with Crippen LogP contribution >= 0.6 is 0 Å². The molecule has 4 bridgehead atoms. The third-order valence-electron chi connectivity index (χ3n) is 9.25. The van der Waals surface area contributed by atoms with Crippen LogP contribution in [-0.4, -0.2) is 91.6 Å². The molecule has 6 rings (SSSR count). The van der Waals surface area contributed by atoms with Gasteiger partial charge in [-0.3, -0.25) is 4.79 Å². The predicted molar refractivity (Wildman–Crippen MR) is 183 cm³/mol. The molecule has 0 radical (unpaired) electrons. The van der Waals surface area contributed by atoms with E-state index in [-0.39, 0.29) is 41.3 Å². The molecule has 1 aromatic heterocycles. The number of sulfonamides is 1. The smallest absolute Gasteiger partial charge is 0.264 e. The van der Waals surface area contributed by atoms with E-state index in [4.69, 9.17) is 9.73 Å². The van der Waals surface area contributed by atoms with Crippen LogP contribution in [0.15, 0.2) is 70.4 Å². The Labute approximate surface area is 277 Å². The summed E-state index contributed by atoms with van der Waals surface area (Å²) in [6.45, 7) is 6.21. The van der Waals surface area contributed by atoms with Crippen LogP contribution in [-0.2, 0) is 10.0 Å². The fourth-order valence-corrected chi connectivity index (χ4v) is 7.48. The number of carbonyl (C=O) groups excluding carboxylic acids is 1. The second-order valence-electron chi connectivity index (χ2n) is 13.4. The molecule has 0 saturated heterocycles. The molecular weight excluding hydrogens is 614 g/mol. The number of aliphatic imine (C=N–C) groups is 1. The summed E-state index contributed by atoms with van der Waals surface area (Å²) in [6.07, 6.45) is 8.26. The molecule has 2 aliphatic carbocycles. The first-order valence-electron chi connectivity index (χ1n) is 16.0. The molecule has 2 heterocycles. The Morgan fingerprint density at radius 2 is 1.79 bits per heavy atom. The Morgan fingerprint density at radius 1 is 1.09 bits per heavy atom. The molecule has 2 aromatic carbocycles. The van der Waals surface area contributed by atoms with Gasteiger partial charge in [-0.15, -0.1) is 0 Å². The van der Waals surface area contributed by atoms with Crippen molar-refractivity contribution in [3.8, 4) is 17.1 Å². The number of aryl methyl sites for hydroxylation is 2. The summed E-state index contributed by atoms with van der Waals surface area (Å²) in [5, 5.41) is 0. The first-order chi connectivity index (χ1) is 22.3. The van der Waals surface area contributed by atoms with Crippen LogP contribution in [0.3, 0.4) is 0 Å². The lowest BCUT2D eigenvalue weighted by atomic mass is 9.76. The second kappa shape index (κ2) is 12.6. The van der Waals surface area contributed by atoms with Gasteiger partial charge in [0.15, 0.2) is 0 Å². The first kappa shape index (κ1) is 32.5. The summed E-state index contributed by atoms with van der Waals surface area (Å²) in [7, 11) is 1.88. The Kier molecular flexibility index (Phi) is 8.73. The van der Waals surface area contributed by atoms with Crippen molar-refractivity contribution in [2.24, 2.45) is 10.4 Å². The number of hydrogen-bond donors (Lipinski definition) is 1. The summed E-state index contributed by atoms with van der Waals surface area (Å²) < 4.78 is 35.9. The van der Waals surface area contributed by atoms with E-state index in [1.807, 2.05) is 64.2 Å². The molecule has 1 spiro atoms. The molecule has 2 saturated carbocycles. The summed E-state index contributed by atoms with van der Waals surface area (Å²) in [4.78, 5) is 33.5. The number of nitrogens with zero attached hydrogens (tertiary/aromatic N) is 6. The van der Waals surface area contributed by atoms with Gasteiger partial charge < -0.3 is 19.4 Å². The highest BCUT2D eigenvalue weighted by Gasteiger charge is 2.54. The molecule has 1 unspecified atom stereocenters. The lowest BCUT2D eigenvalue weighted by Gasteiger charge is -2.43. The summed E-state index contributed by atoms with van der Waals surface area (Å²) in [5.41, 5.74) is 4.16. The van der Waals surface area contributed by atoms with Crippen molar-refractivity contribution in [2.75, 3.05) is 39.0 Å². The first-order valence-corrected chi connectivity index (χ1v) is 17.5. The molecule has 3 aliphatic rings. The lowest BCUT2D eigenvalue weighted by molar-refractivity contribution is 0.0703. The monoisotopic (exact) mass is 657 g/mol. The summed E-state index contributed by atoms with van der Waals surface area (Å²) in [6, 6.07) is 14.1. The van der Waals surface area contributed by atoms with E-state index >= 15 is 0 Å². The molecule has 12 heteroatoms. The maximum Gasteiger partial charge on any atom is 0.264 e. The van der Waals surface area contributed by atoms with Crippen molar-refractivity contribution < 1.29 is 17.9 Å². The van der Waals surface area contributed by atoms with Gasteiger partial charge in [0.05, 0.1) is 23.7 Å². The van der Waals surface area contributed by atoms with Gasteiger partial charge in [-0.05, 0) is 81.2 Å². The minimum atomic E-state index is -4.14. The quantitative estimate of drug-likeness (QED) is 0.349. The summed E-state index contributed by atoms with van der Waals surface area (Å²) >= 11 is 0. The number of benzene rings is 2. The Morgan fingerprint density at radius 3 is 2.47 bits per heavy atom. The van der Waals surface area contributed by atoms with Crippen LogP contribution in [0.2, 0.25) is 0 Å². The highest BCUT2D eigenvalue weighted by Crippen LogP contribution is 2.62. The van der Waals surface area contributed by atoms with Crippen molar-refractivity contribution in [1.29, 1.82) is 0 Å². The number of rotatable bonds is 7. The Hall–Kier alpha value is -4.45. The third-order valence-corrected chi connectivity index (χ3v) is 10.6. The van der Waals surface area contributed by atoms with Crippen LogP contribution in [0.1, 0.15) is 54.1 Å². The van der Waals surface area contributed by atoms with E-state index in [1.165, 1.54) is 37.8 Å². The van der Waals surface area contributed by atoms with Gasteiger partial charge in [-0.1, -0.05) is 24.3 Å². The molecule has 248 valence electrons. The second-order valence-corrected chi connectivity index (χ2v) is 15.1. The van der Waals surface area contributed by atoms with Crippen LogP contribution in [0.4, 0.5) is 5.95 Å². The van der Waals surface area contributed by atoms with Crippen molar-refractivity contribution in [1.82, 2.24) is 24.7 Å². The maximum absolute atomic E-state index is 13.9. The number of anilines is 1. The molecule has 47 heavy (non-hydrogen) atoms. The van der Waals surface area contributed by atoms with Crippen LogP contribution in [0.25, 0.3) is 11.3 Å². The number of aromatic nitrogens is 2. The normalized spacial score (nSPS) is 20.4. The molecule has 1 aliphatic heterocycles. The maximum atomic E-state index is 13.9. The van der Waals surface area contributed by atoms with Crippen LogP contribution in [0, 0.1) is 19.3 Å². The molecule has 1 N–H and O–H groups in total. The Bertz CT molecular complexity index is 1820. The fourth-order valence-electron chi connectivity index (χ4n) is 6.49. The predicted octanol–water partition coefficient (Wildman–Crippen LogP) is 5.09. The molecule has 3 aromatic rings. The Balaban J connectivity index is 1.32. The van der Waals surface area contributed by atoms with E-state index in [9.17, 15) is 13.2 Å².